The number of benzene rings is 5. The summed E-state index contributed by atoms with van der Waals surface area (Å²) in [6, 6.07) is 36.1. The number of alkyl halides is 9. The average molecular weight is 704 g/mol. The molecular formula is C39H22F9N3. The van der Waals surface area contributed by atoms with Crippen LogP contribution in [0.25, 0.3) is 0 Å². The van der Waals surface area contributed by atoms with Gasteiger partial charge in [0.15, 0.2) is 5.69 Å². The van der Waals surface area contributed by atoms with E-state index in [4.69, 9.17) is 0 Å². The monoisotopic (exact) mass is 703 g/mol. The highest BCUT2D eigenvalue weighted by molar-refractivity contribution is 5.97. The summed E-state index contributed by atoms with van der Waals surface area (Å²) in [7, 11) is 0. The Bertz CT molecular complexity index is 2180. The molecule has 51 heavy (non-hydrogen) atoms. The molecule has 6 aromatic rings. The highest BCUT2D eigenvalue weighted by Crippen LogP contribution is 2.65. The van der Waals surface area contributed by atoms with E-state index in [1.807, 2.05) is 71.6 Å². The second-order valence-electron chi connectivity index (χ2n) is 12.1. The van der Waals surface area contributed by atoms with Gasteiger partial charge in [-0.05, 0) is 64.7 Å². The molecule has 0 unspecified atom stereocenters. The molecule has 3 heterocycles. The van der Waals surface area contributed by atoms with Gasteiger partial charge in [0.05, 0.1) is 39.4 Å². The molecule has 0 atom stereocenters. The van der Waals surface area contributed by atoms with Crippen LogP contribution in [0.15, 0.2) is 133 Å². The van der Waals surface area contributed by atoms with Crippen molar-refractivity contribution < 1.29 is 39.5 Å². The largest absolute Gasteiger partial charge is 0.435 e. The van der Waals surface area contributed by atoms with Gasteiger partial charge in [-0.25, -0.2) is 4.98 Å². The summed E-state index contributed by atoms with van der Waals surface area (Å²) in [4.78, 5) is 5.62. The molecule has 0 saturated carbocycles. The van der Waals surface area contributed by atoms with Gasteiger partial charge in [-0.2, -0.15) is 39.5 Å². The predicted molar refractivity (Wildman–Crippen MR) is 174 cm³/mol. The molecule has 12 heteroatoms. The fourth-order valence-electron chi connectivity index (χ4n) is 7.49. The fraction of sp³-hybridized carbons (Fsp3) is 0.103. The van der Waals surface area contributed by atoms with Crippen molar-refractivity contribution in [3.8, 4) is 0 Å². The van der Waals surface area contributed by atoms with Gasteiger partial charge in [-0.3, -0.25) is 0 Å². The van der Waals surface area contributed by atoms with Crippen molar-refractivity contribution in [3.05, 3.63) is 173 Å². The molecule has 0 amide bonds. The summed E-state index contributed by atoms with van der Waals surface area (Å²) in [5, 5.41) is 0. The molecule has 256 valence electrons. The van der Waals surface area contributed by atoms with E-state index >= 15 is 0 Å². The van der Waals surface area contributed by atoms with Gasteiger partial charge >= 0.3 is 18.5 Å². The van der Waals surface area contributed by atoms with E-state index in [-0.39, 0.29) is 17.4 Å². The van der Waals surface area contributed by atoms with Crippen molar-refractivity contribution >= 4 is 34.1 Å². The van der Waals surface area contributed by atoms with E-state index in [9.17, 15) is 39.5 Å². The van der Waals surface area contributed by atoms with Crippen molar-refractivity contribution in [1.82, 2.24) is 4.98 Å². The minimum Gasteiger partial charge on any atom is -0.310 e. The van der Waals surface area contributed by atoms with Crippen LogP contribution in [0.1, 0.15) is 39.2 Å². The first-order chi connectivity index (χ1) is 24.2. The summed E-state index contributed by atoms with van der Waals surface area (Å²) < 4.78 is 130. The van der Waals surface area contributed by atoms with E-state index in [1.54, 1.807) is 36.4 Å². The molecule has 2 aliphatic rings. The molecule has 3 nitrogen and oxygen atoms in total. The van der Waals surface area contributed by atoms with Crippen molar-refractivity contribution in [2.75, 3.05) is 9.80 Å². The molecule has 0 fully saturated rings. The second kappa shape index (κ2) is 11.1. The highest BCUT2D eigenvalue weighted by atomic mass is 19.4. The number of pyridine rings is 1. The smallest absolute Gasteiger partial charge is 0.310 e. The predicted octanol–water partition coefficient (Wildman–Crippen LogP) is 12.1. The number of rotatable bonds is 2. The van der Waals surface area contributed by atoms with Crippen LogP contribution in [-0.4, -0.2) is 4.98 Å². The van der Waals surface area contributed by atoms with Crippen LogP contribution in [0.5, 0.6) is 0 Å². The first-order valence-corrected chi connectivity index (χ1v) is 15.5. The lowest BCUT2D eigenvalue weighted by Crippen LogP contribution is -2.42. The van der Waals surface area contributed by atoms with E-state index in [0.29, 0.717) is 33.6 Å². The molecule has 1 spiro atoms. The first-order valence-electron chi connectivity index (χ1n) is 15.5. The Morgan fingerprint density at radius 1 is 0.431 bits per heavy atom. The zero-order valence-electron chi connectivity index (χ0n) is 25.9. The SMILES string of the molecule is FC(F)(F)c1cc(C(F)(F)F)c(N2c3ccccc3C3(c4ccccc4N(c4ccccc4)c4ccccc43)c3ccccc32)c(C(F)(F)F)n1. The topological polar surface area (TPSA) is 19.4 Å². The van der Waals surface area contributed by atoms with Crippen LogP contribution in [0.3, 0.4) is 0 Å². The minimum atomic E-state index is -5.71. The highest BCUT2D eigenvalue weighted by Gasteiger charge is 2.54. The van der Waals surface area contributed by atoms with E-state index in [0.717, 1.165) is 10.6 Å². The van der Waals surface area contributed by atoms with Crippen molar-refractivity contribution in [2.45, 2.75) is 23.9 Å². The molecule has 0 bridgehead atoms. The number of fused-ring (bicyclic) bond motifs is 8. The molecule has 2 aliphatic heterocycles. The average Bonchev–Trinajstić information content (AvgIpc) is 3.10. The number of hydrogen-bond donors (Lipinski definition) is 0. The van der Waals surface area contributed by atoms with E-state index < -0.39 is 46.6 Å². The summed E-state index contributed by atoms with van der Waals surface area (Å²) in [5.74, 6) is 0. The molecule has 0 N–H and O–H groups in total. The van der Waals surface area contributed by atoms with Crippen LogP contribution in [0.2, 0.25) is 0 Å². The van der Waals surface area contributed by atoms with Gasteiger partial charge in [0.25, 0.3) is 0 Å². The van der Waals surface area contributed by atoms with Gasteiger partial charge in [0, 0.05) is 5.69 Å². The lowest BCUT2D eigenvalue weighted by atomic mass is 9.60. The van der Waals surface area contributed by atoms with Crippen molar-refractivity contribution in [1.29, 1.82) is 0 Å². The van der Waals surface area contributed by atoms with Crippen LogP contribution in [0.4, 0.5) is 73.6 Å². The summed E-state index contributed by atoms with van der Waals surface area (Å²) in [6.45, 7) is 0. The standard InChI is InChI=1S/C39H22F9N3/c40-37(41,42)28-22-33(38(43,44)45)49-35(39(46,47)48)34(28)51-31-20-10-6-16-26(31)36(27-17-7-11-21-32(27)51)24-14-4-8-18-29(24)50(23-12-2-1-3-13-23)30-19-9-5-15-25(30)36/h1-22H. The van der Waals surface area contributed by atoms with Gasteiger partial charge in [-0.1, -0.05) is 91.0 Å². The number of halogens is 9. The van der Waals surface area contributed by atoms with Gasteiger partial charge in [-0.15, -0.1) is 0 Å². The Kier molecular flexibility index (Phi) is 7.06. The number of para-hydroxylation sites is 5. The zero-order valence-corrected chi connectivity index (χ0v) is 25.9. The van der Waals surface area contributed by atoms with Crippen LogP contribution in [0, 0.1) is 0 Å². The lowest BCUT2D eigenvalue weighted by Gasteiger charge is -2.51. The Balaban J connectivity index is 1.52. The maximum Gasteiger partial charge on any atom is 0.435 e. The Morgan fingerprint density at radius 3 is 1.22 bits per heavy atom. The summed E-state index contributed by atoms with van der Waals surface area (Å²) >= 11 is 0. The number of nitrogens with zero attached hydrogens (tertiary/aromatic N) is 3. The third kappa shape index (κ3) is 4.79. The van der Waals surface area contributed by atoms with Gasteiger partial charge in [0.1, 0.15) is 5.69 Å². The molecule has 0 radical (unpaired) electrons. The fourth-order valence-corrected chi connectivity index (χ4v) is 7.49. The van der Waals surface area contributed by atoms with E-state index in [2.05, 4.69) is 4.98 Å². The Labute approximate surface area is 284 Å². The Hall–Kier alpha value is -5.78. The van der Waals surface area contributed by atoms with Crippen molar-refractivity contribution in [3.63, 3.8) is 0 Å². The normalized spacial score (nSPS) is 14.8. The van der Waals surface area contributed by atoms with E-state index in [1.165, 1.54) is 24.3 Å². The molecular weight excluding hydrogens is 681 g/mol. The number of hydrogen-bond acceptors (Lipinski definition) is 3. The van der Waals surface area contributed by atoms with Crippen molar-refractivity contribution in [2.24, 2.45) is 0 Å². The molecule has 1 aromatic heterocycles. The minimum absolute atomic E-state index is 0.0912. The lowest BCUT2D eigenvalue weighted by molar-refractivity contribution is -0.153. The van der Waals surface area contributed by atoms with Gasteiger partial charge in [0.2, 0.25) is 0 Å². The molecule has 0 saturated heterocycles. The third-order valence-corrected chi connectivity index (χ3v) is 9.29. The van der Waals surface area contributed by atoms with Gasteiger partial charge < -0.3 is 9.80 Å². The molecule has 0 aliphatic carbocycles. The maximum atomic E-state index is 14.8. The number of aromatic nitrogens is 1. The second-order valence-corrected chi connectivity index (χ2v) is 12.1. The van der Waals surface area contributed by atoms with Crippen LogP contribution in [-0.2, 0) is 23.9 Å². The zero-order chi connectivity index (χ0) is 35.9. The summed E-state index contributed by atoms with van der Waals surface area (Å²) in [6.07, 6.45) is -17.0. The van der Waals surface area contributed by atoms with Crippen LogP contribution >= 0.6 is 0 Å². The van der Waals surface area contributed by atoms with Crippen LogP contribution < -0.4 is 9.80 Å². The number of anilines is 6. The maximum absolute atomic E-state index is 14.8. The Morgan fingerprint density at radius 2 is 0.824 bits per heavy atom. The summed E-state index contributed by atoms with van der Waals surface area (Å²) in [5.41, 5.74) is -5.56. The first kappa shape index (κ1) is 32.4. The quantitative estimate of drug-likeness (QED) is 0.167. The molecule has 5 aromatic carbocycles. The third-order valence-electron chi connectivity index (χ3n) is 9.29. The molecule has 8 rings (SSSR count).